The Morgan fingerprint density at radius 2 is 2.19 bits per heavy atom. The van der Waals surface area contributed by atoms with E-state index < -0.39 is 0 Å². The summed E-state index contributed by atoms with van der Waals surface area (Å²) in [5.74, 6) is 0.539. The molecule has 2 unspecified atom stereocenters. The number of rotatable bonds is 6. The van der Waals surface area contributed by atoms with Crippen molar-refractivity contribution in [1.82, 2.24) is 9.78 Å². The van der Waals surface area contributed by atoms with Crippen LogP contribution in [0.15, 0.2) is 0 Å². The van der Waals surface area contributed by atoms with Crippen molar-refractivity contribution >= 4 is 5.69 Å². The van der Waals surface area contributed by atoms with Crippen molar-refractivity contribution in [2.75, 3.05) is 6.54 Å². The predicted octanol–water partition coefficient (Wildman–Crippen LogP) is 2.18. The Labute approximate surface area is 124 Å². The highest BCUT2D eigenvalue weighted by atomic mass is 16.6. The van der Waals surface area contributed by atoms with Gasteiger partial charge in [0.1, 0.15) is 11.8 Å². The minimum atomic E-state index is -0.381. The lowest BCUT2D eigenvalue weighted by molar-refractivity contribution is -0.386. The first kappa shape index (κ1) is 15.8. The standard InChI is InChI=1S/C14H24N4O3/c1-3-6-11-13(18(19)20)14(17(2)16-11)21-12-8-5-4-7-10(12)9-15/h10,12H,3-9,15H2,1-2H3. The van der Waals surface area contributed by atoms with Gasteiger partial charge in [-0.1, -0.05) is 19.8 Å². The van der Waals surface area contributed by atoms with Crippen LogP contribution >= 0.6 is 0 Å². The molecule has 1 aromatic heterocycles. The second-order valence-corrected chi connectivity index (χ2v) is 5.67. The fraction of sp³-hybridized carbons (Fsp3) is 0.786. The van der Waals surface area contributed by atoms with Crippen LogP contribution in [0.1, 0.15) is 44.7 Å². The molecule has 0 saturated heterocycles. The smallest absolute Gasteiger partial charge is 0.353 e. The molecule has 7 nitrogen and oxygen atoms in total. The van der Waals surface area contributed by atoms with Crippen LogP contribution in [-0.2, 0) is 13.5 Å². The van der Waals surface area contributed by atoms with Crippen molar-refractivity contribution in [3.8, 4) is 5.88 Å². The van der Waals surface area contributed by atoms with Gasteiger partial charge >= 0.3 is 5.69 Å². The number of ether oxygens (including phenoxy) is 1. The van der Waals surface area contributed by atoms with Crippen LogP contribution in [-0.4, -0.2) is 27.4 Å². The third-order valence-electron chi connectivity index (χ3n) is 4.12. The molecular formula is C14H24N4O3. The average Bonchev–Trinajstić information content (AvgIpc) is 2.76. The van der Waals surface area contributed by atoms with E-state index in [1.165, 1.54) is 4.68 Å². The third kappa shape index (κ3) is 3.34. The summed E-state index contributed by atoms with van der Waals surface area (Å²) in [5.41, 5.74) is 6.31. The number of nitrogens with two attached hydrogens (primary N) is 1. The van der Waals surface area contributed by atoms with Crippen molar-refractivity contribution < 1.29 is 9.66 Å². The SMILES string of the molecule is CCCc1nn(C)c(OC2CCCCC2CN)c1[N+](=O)[O-]. The minimum Gasteiger partial charge on any atom is -0.469 e. The molecular weight excluding hydrogens is 272 g/mol. The van der Waals surface area contributed by atoms with E-state index in [0.29, 0.717) is 18.7 Å². The van der Waals surface area contributed by atoms with Crippen LogP contribution in [0, 0.1) is 16.0 Å². The van der Waals surface area contributed by atoms with Crippen molar-refractivity contribution in [2.45, 2.75) is 51.6 Å². The van der Waals surface area contributed by atoms with E-state index in [9.17, 15) is 10.1 Å². The Bertz CT molecular complexity index is 501. The molecule has 118 valence electrons. The highest BCUT2D eigenvalue weighted by molar-refractivity contribution is 5.46. The summed E-state index contributed by atoms with van der Waals surface area (Å²) in [4.78, 5) is 11.0. The summed E-state index contributed by atoms with van der Waals surface area (Å²) < 4.78 is 7.48. The van der Waals surface area contributed by atoms with Crippen LogP contribution < -0.4 is 10.5 Å². The van der Waals surface area contributed by atoms with Crippen molar-refractivity contribution in [3.63, 3.8) is 0 Å². The van der Waals surface area contributed by atoms with Gasteiger partial charge in [-0.05, 0) is 32.2 Å². The van der Waals surface area contributed by atoms with Gasteiger partial charge in [-0.25, -0.2) is 4.68 Å². The lowest BCUT2D eigenvalue weighted by atomic mass is 9.86. The predicted molar refractivity (Wildman–Crippen MR) is 79.3 cm³/mol. The highest BCUT2D eigenvalue weighted by Crippen LogP contribution is 2.35. The molecule has 1 heterocycles. The molecule has 1 fully saturated rings. The maximum absolute atomic E-state index is 11.4. The molecule has 2 atom stereocenters. The van der Waals surface area contributed by atoms with Gasteiger partial charge in [-0.15, -0.1) is 0 Å². The van der Waals surface area contributed by atoms with Gasteiger partial charge in [-0.3, -0.25) is 10.1 Å². The Kier molecular flexibility index (Phi) is 5.17. The molecule has 0 bridgehead atoms. The third-order valence-corrected chi connectivity index (χ3v) is 4.12. The van der Waals surface area contributed by atoms with E-state index in [4.69, 9.17) is 10.5 Å². The van der Waals surface area contributed by atoms with Gasteiger partial charge in [0.15, 0.2) is 0 Å². The summed E-state index contributed by atoms with van der Waals surface area (Å²) in [7, 11) is 1.70. The summed E-state index contributed by atoms with van der Waals surface area (Å²) in [5, 5.41) is 15.6. The number of hydrogen-bond acceptors (Lipinski definition) is 5. The molecule has 0 radical (unpaired) electrons. The van der Waals surface area contributed by atoms with E-state index in [-0.39, 0.29) is 28.5 Å². The Morgan fingerprint density at radius 3 is 2.81 bits per heavy atom. The molecule has 1 aromatic rings. The monoisotopic (exact) mass is 296 g/mol. The van der Waals surface area contributed by atoms with Crippen molar-refractivity contribution in [1.29, 1.82) is 0 Å². The number of aryl methyl sites for hydroxylation is 2. The highest BCUT2D eigenvalue weighted by Gasteiger charge is 2.33. The number of hydrogen-bond donors (Lipinski definition) is 1. The zero-order valence-electron chi connectivity index (χ0n) is 12.7. The van der Waals surface area contributed by atoms with E-state index in [0.717, 1.165) is 32.1 Å². The van der Waals surface area contributed by atoms with Gasteiger partial charge in [0, 0.05) is 13.0 Å². The van der Waals surface area contributed by atoms with Gasteiger partial charge < -0.3 is 10.5 Å². The van der Waals surface area contributed by atoms with E-state index >= 15 is 0 Å². The summed E-state index contributed by atoms with van der Waals surface area (Å²) in [6, 6.07) is 0. The molecule has 2 rings (SSSR count). The largest absolute Gasteiger partial charge is 0.469 e. The maximum atomic E-state index is 11.4. The van der Waals surface area contributed by atoms with E-state index in [1.807, 2.05) is 6.92 Å². The first-order valence-electron chi connectivity index (χ1n) is 7.65. The summed E-state index contributed by atoms with van der Waals surface area (Å²) >= 11 is 0. The maximum Gasteiger partial charge on any atom is 0.353 e. The molecule has 0 aromatic carbocycles. The second kappa shape index (κ2) is 6.89. The molecule has 0 spiro atoms. The molecule has 1 aliphatic rings. The van der Waals surface area contributed by atoms with Gasteiger partial charge in [0.25, 0.3) is 5.88 Å². The van der Waals surface area contributed by atoms with Crippen LogP contribution in [0.4, 0.5) is 5.69 Å². The zero-order chi connectivity index (χ0) is 15.4. The summed E-state index contributed by atoms with van der Waals surface area (Å²) in [6.07, 6.45) is 5.49. The zero-order valence-corrected chi connectivity index (χ0v) is 12.7. The van der Waals surface area contributed by atoms with Crippen LogP contribution in [0.5, 0.6) is 5.88 Å². The van der Waals surface area contributed by atoms with Crippen LogP contribution in [0.25, 0.3) is 0 Å². The quantitative estimate of drug-likeness (QED) is 0.641. The van der Waals surface area contributed by atoms with Crippen LogP contribution in [0.2, 0.25) is 0 Å². The minimum absolute atomic E-state index is 0.0145. The molecule has 1 saturated carbocycles. The molecule has 1 aliphatic carbocycles. The van der Waals surface area contributed by atoms with Crippen LogP contribution in [0.3, 0.4) is 0 Å². The Balaban J connectivity index is 2.27. The Morgan fingerprint density at radius 1 is 1.48 bits per heavy atom. The lowest BCUT2D eigenvalue weighted by Gasteiger charge is -2.30. The summed E-state index contributed by atoms with van der Waals surface area (Å²) in [6.45, 7) is 2.53. The molecule has 7 heteroatoms. The molecule has 0 amide bonds. The molecule has 2 N–H and O–H groups in total. The number of nitrogens with zero attached hydrogens (tertiary/aromatic N) is 3. The van der Waals surface area contributed by atoms with E-state index in [1.54, 1.807) is 7.05 Å². The fourth-order valence-corrected chi connectivity index (χ4v) is 3.01. The van der Waals surface area contributed by atoms with Gasteiger partial charge in [0.05, 0.1) is 4.92 Å². The topological polar surface area (TPSA) is 96.2 Å². The first-order chi connectivity index (χ1) is 10.1. The van der Waals surface area contributed by atoms with Gasteiger partial charge in [-0.2, -0.15) is 5.10 Å². The van der Waals surface area contributed by atoms with Crippen molar-refractivity contribution in [2.24, 2.45) is 18.7 Å². The lowest BCUT2D eigenvalue weighted by Crippen LogP contribution is -2.35. The molecule has 21 heavy (non-hydrogen) atoms. The van der Waals surface area contributed by atoms with Gasteiger partial charge in [0.2, 0.25) is 0 Å². The number of nitro groups is 1. The molecule has 0 aliphatic heterocycles. The number of aromatic nitrogens is 2. The van der Waals surface area contributed by atoms with Crippen molar-refractivity contribution in [3.05, 3.63) is 15.8 Å². The average molecular weight is 296 g/mol. The first-order valence-corrected chi connectivity index (χ1v) is 7.65. The normalized spacial score (nSPS) is 22.2. The Hall–Kier alpha value is -1.63. The van der Waals surface area contributed by atoms with E-state index in [2.05, 4.69) is 5.10 Å². The fourth-order valence-electron chi connectivity index (χ4n) is 3.01. The second-order valence-electron chi connectivity index (χ2n) is 5.67.